The molecule has 1 rings (SSSR count). The summed E-state index contributed by atoms with van der Waals surface area (Å²) in [4.78, 5) is 11.4. The van der Waals surface area contributed by atoms with E-state index in [9.17, 15) is 4.79 Å². The van der Waals surface area contributed by atoms with E-state index in [1.54, 1.807) is 6.92 Å². The van der Waals surface area contributed by atoms with Gasteiger partial charge in [-0.3, -0.25) is 4.79 Å². The second kappa shape index (κ2) is 3.73. The molecule has 1 aliphatic carbocycles. The third-order valence-corrected chi connectivity index (χ3v) is 2.45. The molecule has 0 unspecified atom stereocenters. The molecule has 66 valence electrons. The smallest absolute Gasteiger partial charge is 0.153 e. The Morgan fingerprint density at radius 3 is 2.67 bits per heavy atom. The highest BCUT2D eigenvalue weighted by Crippen LogP contribution is 2.30. The number of nitrogens with two attached hydrogens (primary N) is 1. The number of Topliss-reactive ketones (excluding diaryl/α,β-unsaturated/α-hetero) is 1. The normalized spacial score (nSPS) is 18.8. The minimum absolute atomic E-state index is 0.191. The largest absolute Gasteiger partial charge is 0.319 e. The van der Waals surface area contributed by atoms with Crippen molar-refractivity contribution in [1.29, 1.82) is 0 Å². The standard InChI is InChI=1S/C10H15NO/c1-2-3-4-6-9(12)10(11)7-5-8-10/h4-8,11H2,1H3. The maximum absolute atomic E-state index is 11.4. The van der Waals surface area contributed by atoms with Gasteiger partial charge in [-0.2, -0.15) is 0 Å². The van der Waals surface area contributed by atoms with Crippen molar-refractivity contribution in [3.63, 3.8) is 0 Å². The topological polar surface area (TPSA) is 43.1 Å². The Labute approximate surface area is 73.5 Å². The van der Waals surface area contributed by atoms with Gasteiger partial charge in [-0.05, 0) is 26.2 Å². The van der Waals surface area contributed by atoms with Crippen molar-refractivity contribution >= 4 is 5.78 Å². The monoisotopic (exact) mass is 165 g/mol. The molecule has 0 aliphatic heterocycles. The summed E-state index contributed by atoms with van der Waals surface area (Å²) in [6.07, 6.45) is 4.02. The molecule has 1 fully saturated rings. The Morgan fingerprint density at radius 2 is 2.25 bits per heavy atom. The summed E-state index contributed by atoms with van der Waals surface area (Å²) in [5.41, 5.74) is 5.35. The molecule has 0 aromatic heterocycles. The lowest BCUT2D eigenvalue weighted by atomic mass is 9.73. The Bertz CT molecular complexity index is 230. The van der Waals surface area contributed by atoms with Crippen molar-refractivity contribution in [3.05, 3.63) is 0 Å². The van der Waals surface area contributed by atoms with Crippen LogP contribution in [0.15, 0.2) is 0 Å². The van der Waals surface area contributed by atoms with Crippen LogP contribution in [0.1, 0.15) is 39.0 Å². The Hall–Kier alpha value is -0.810. The number of rotatable bonds is 3. The van der Waals surface area contributed by atoms with E-state index in [-0.39, 0.29) is 5.78 Å². The van der Waals surface area contributed by atoms with Crippen LogP contribution in [0.3, 0.4) is 0 Å². The molecule has 0 saturated heterocycles. The van der Waals surface area contributed by atoms with Crippen LogP contribution in [-0.2, 0) is 4.79 Å². The summed E-state index contributed by atoms with van der Waals surface area (Å²) in [6.45, 7) is 1.78. The lowest BCUT2D eigenvalue weighted by molar-refractivity contribution is -0.126. The number of hydrogen-bond donors (Lipinski definition) is 1. The summed E-state index contributed by atoms with van der Waals surface area (Å²) in [6, 6.07) is 0. The van der Waals surface area contributed by atoms with Crippen molar-refractivity contribution in [1.82, 2.24) is 0 Å². The van der Waals surface area contributed by atoms with Gasteiger partial charge >= 0.3 is 0 Å². The Morgan fingerprint density at radius 1 is 1.58 bits per heavy atom. The Balaban J connectivity index is 2.31. The first kappa shape index (κ1) is 9.28. The minimum atomic E-state index is -0.477. The zero-order valence-electron chi connectivity index (χ0n) is 7.52. The molecule has 0 spiro atoms. The molecule has 2 nitrogen and oxygen atoms in total. The predicted octanol–water partition coefficient (Wildman–Crippen LogP) is 1.24. The van der Waals surface area contributed by atoms with Gasteiger partial charge < -0.3 is 5.73 Å². The zero-order chi connectivity index (χ0) is 9.03. The quantitative estimate of drug-likeness (QED) is 0.639. The van der Waals surface area contributed by atoms with Gasteiger partial charge in [-0.15, -0.1) is 11.8 Å². The first-order valence-corrected chi connectivity index (χ1v) is 4.41. The summed E-state index contributed by atoms with van der Waals surface area (Å²) in [5, 5.41) is 0. The van der Waals surface area contributed by atoms with Gasteiger partial charge in [0.25, 0.3) is 0 Å². The van der Waals surface area contributed by atoms with Crippen molar-refractivity contribution in [2.45, 2.75) is 44.6 Å². The van der Waals surface area contributed by atoms with Gasteiger partial charge in [0.15, 0.2) is 5.78 Å². The first-order chi connectivity index (χ1) is 5.69. The molecule has 0 radical (unpaired) electrons. The fourth-order valence-electron chi connectivity index (χ4n) is 1.39. The van der Waals surface area contributed by atoms with E-state index in [1.165, 1.54) is 0 Å². The lowest BCUT2D eigenvalue weighted by Gasteiger charge is -2.36. The van der Waals surface area contributed by atoms with Crippen LogP contribution in [-0.4, -0.2) is 11.3 Å². The molecular weight excluding hydrogens is 150 g/mol. The average molecular weight is 165 g/mol. The predicted molar refractivity (Wildman–Crippen MR) is 48.5 cm³/mol. The van der Waals surface area contributed by atoms with Crippen LogP contribution in [0.25, 0.3) is 0 Å². The molecule has 2 N–H and O–H groups in total. The van der Waals surface area contributed by atoms with Gasteiger partial charge in [-0.1, -0.05) is 0 Å². The number of hydrogen-bond acceptors (Lipinski definition) is 2. The molecule has 2 heteroatoms. The lowest BCUT2D eigenvalue weighted by Crippen LogP contribution is -2.53. The maximum Gasteiger partial charge on any atom is 0.153 e. The summed E-state index contributed by atoms with van der Waals surface area (Å²) < 4.78 is 0. The van der Waals surface area contributed by atoms with Crippen molar-refractivity contribution < 1.29 is 4.79 Å². The summed E-state index contributed by atoms with van der Waals surface area (Å²) in [5.74, 6) is 5.83. The van der Waals surface area contributed by atoms with Crippen LogP contribution >= 0.6 is 0 Å². The number of carbonyl (C=O) groups is 1. The second-order valence-electron chi connectivity index (χ2n) is 3.36. The van der Waals surface area contributed by atoms with Crippen molar-refractivity contribution in [2.75, 3.05) is 0 Å². The molecule has 0 aromatic carbocycles. The maximum atomic E-state index is 11.4. The zero-order valence-corrected chi connectivity index (χ0v) is 7.52. The molecular formula is C10H15NO. The fraction of sp³-hybridized carbons (Fsp3) is 0.700. The SMILES string of the molecule is CC#CCCC(=O)C1(N)CCC1. The van der Waals surface area contributed by atoms with Gasteiger partial charge in [0.05, 0.1) is 5.54 Å². The molecule has 1 aliphatic rings. The highest BCUT2D eigenvalue weighted by molar-refractivity contribution is 5.89. The molecule has 12 heavy (non-hydrogen) atoms. The third kappa shape index (κ3) is 1.86. The molecule has 0 bridgehead atoms. The molecule has 0 amide bonds. The van der Waals surface area contributed by atoms with Crippen LogP contribution < -0.4 is 5.73 Å². The number of ketones is 1. The van der Waals surface area contributed by atoms with Crippen LogP contribution in [0.2, 0.25) is 0 Å². The highest BCUT2D eigenvalue weighted by Gasteiger charge is 2.38. The molecule has 0 heterocycles. The van der Waals surface area contributed by atoms with E-state index < -0.39 is 5.54 Å². The van der Waals surface area contributed by atoms with E-state index in [0.29, 0.717) is 12.8 Å². The van der Waals surface area contributed by atoms with Gasteiger partial charge in [0.2, 0.25) is 0 Å². The van der Waals surface area contributed by atoms with E-state index in [2.05, 4.69) is 11.8 Å². The van der Waals surface area contributed by atoms with Gasteiger partial charge in [0, 0.05) is 12.8 Å². The van der Waals surface area contributed by atoms with Crippen LogP contribution in [0.5, 0.6) is 0 Å². The third-order valence-electron chi connectivity index (χ3n) is 2.45. The minimum Gasteiger partial charge on any atom is -0.319 e. The summed E-state index contributed by atoms with van der Waals surface area (Å²) in [7, 11) is 0. The highest BCUT2D eigenvalue weighted by atomic mass is 16.1. The van der Waals surface area contributed by atoms with E-state index in [4.69, 9.17) is 5.73 Å². The van der Waals surface area contributed by atoms with Crippen molar-refractivity contribution in [3.8, 4) is 11.8 Å². The van der Waals surface area contributed by atoms with E-state index >= 15 is 0 Å². The van der Waals surface area contributed by atoms with Gasteiger partial charge in [-0.25, -0.2) is 0 Å². The van der Waals surface area contributed by atoms with Crippen molar-refractivity contribution in [2.24, 2.45) is 5.73 Å². The second-order valence-corrected chi connectivity index (χ2v) is 3.36. The van der Waals surface area contributed by atoms with E-state index in [1.807, 2.05) is 0 Å². The van der Waals surface area contributed by atoms with Crippen LogP contribution in [0, 0.1) is 11.8 Å². The first-order valence-electron chi connectivity index (χ1n) is 4.41. The Kier molecular flexibility index (Phi) is 2.88. The molecule has 0 atom stereocenters. The fourth-order valence-corrected chi connectivity index (χ4v) is 1.39. The number of carbonyl (C=O) groups excluding carboxylic acids is 1. The average Bonchev–Trinajstić information content (AvgIpc) is 2.00. The molecule has 1 saturated carbocycles. The van der Waals surface area contributed by atoms with E-state index in [0.717, 1.165) is 19.3 Å². The van der Waals surface area contributed by atoms with Crippen LogP contribution in [0.4, 0.5) is 0 Å². The molecule has 0 aromatic rings. The van der Waals surface area contributed by atoms with Gasteiger partial charge in [0.1, 0.15) is 0 Å². The summed E-state index contributed by atoms with van der Waals surface area (Å²) >= 11 is 0.